The Kier molecular flexibility index (Phi) is 6.11. The van der Waals surface area contributed by atoms with Crippen LogP contribution in [-0.2, 0) is 4.79 Å². The molecular formula is C15H12Cl2N2OS. The van der Waals surface area contributed by atoms with E-state index in [-0.39, 0.29) is 5.91 Å². The number of carbonyl (C=O) groups is 1. The molecule has 0 fully saturated rings. The van der Waals surface area contributed by atoms with Gasteiger partial charge in [0.2, 0.25) is 5.91 Å². The largest absolute Gasteiger partial charge is 0.272 e. The van der Waals surface area contributed by atoms with E-state index in [9.17, 15) is 4.79 Å². The molecule has 3 nitrogen and oxygen atoms in total. The predicted molar refractivity (Wildman–Crippen MR) is 89.4 cm³/mol. The number of thioether (sulfide) groups is 1. The molecule has 21 heavy (non-hydrogen) atoms. The second-order valence-electron chi connectivity index (χ2n) is 4.09. The summed E-state index contributed by atoms with van der Waals surface area (Å²) in [6, 6.07) is 14.5. The minimum absolute atomic E-state index is 0.167. The normalized spacial score (nSPS) is 10.8. The van der Waals surface area contributed by atoms with Crippen LogP contribution in [0.2, 0.25) is 10.0 Å². The quantitative estimate of drug-likeness (QED) is 0.503. The van der Waals surface area contributed by atoms with Crippen molar-refractivity contribution < 1.29 is 4.79 Å². The number of carbonyl (C=O) groups excluding carboxylic acids is 1. The van der Waals surface area contributed by atoms with Crippen molar-refractivity contribution in [2.24, 2.45) is 5.10 Å². The van der Waals surface area contributed by atoms with Crippen molar-refractivity contribution in [3.8, 4) is 0 Å². The van der Waals surface area contributed by atoms with Crippen LogP contribution in [-0.4, -0.2) is 17.9 Å². The molecule has 1 amide bonds. The zero-order valence-corrected chi connectivity index (χ0v) is 13.3. The van der Waals surface area contributed by atoms with Crippen LogP contribution in [0.3, 0.4) is 0 Å². The molecule has 0 heterocycles. The Hall–Kier alpha value is -1.49. The topological polar surface area (TPSA) is 41.5 Å². The van der Waals surface area contributed by atoms with Crippen molar-refractivity contribution >= 4 is 47.1 Å². The highest BCUT2D eigenvalue weighted by Gasteiger charge is 2.01. The Morgan fingerprint density at radius 2 is 1.62 bits per heavy atom. The van der Waals surface area contributed by atoms with E-state index in [0.29, 0.717) is 15.8 Å². The average molecular weight is 339 g/mol. The van der Waals surface area contributed by atoms with Gasteiger partial charge in [-0.3, -0.25) is 4.79 Å². The highest BCUT2D eigenvalue weighted by molar-refractivity contribution is 8.00. The van der Waals surface area contributed by atoms with Gasteiger partial charge in [0.15, 0.2) is 0 Å². The first kappa shape index (κ1) is 15.9. The Bertz CT molecular complexity index is 627. The number of nitrogens with zero attached hydrogens (tertiary/aromatic N) is 1. The Balaban J connectivity index is 1.77. The van der Waals surface area contributed by atoms with Gasteiger partial charge in [0.25, 0.3) is 0 Å². The van der Waals surface area contributed by atoms with Crippen molar-refractivity contribution in [2.75, 3.05) is 5.75 Å². The number of halogens is 2. The molecule has 108 valence electrons. The number of hydrogen-bond donors (Lipinski definition) is 1. The van der Waals surface area contributed by atoms with E-state index in [1.165, 1.54) is 11.8 Å². The first-order chi connectivity index (χ1) is 10.1. The smallest absolute Gasteiger partial charge is 0.250 e. The summed E-state index contributed by atoms with van der Waals surface area (Å²) in [7, 11) is 0. The lowest BCUT2D eigenvalue weighted by Gasteiger charge is -2.01. The number of amides is 1. The Morgan fingerprint density at radius 1 is 1.05 bits per heavy atom. The van der Waals surface area contributed by atoms with Gasteiger partial charge in [-0.05, 0) is 42.0 Å². The third-order valence-corrected chi connectivity index (χ3v) is 3.97. The maximum atomic E-state index is 11.6. The van der Waals surface area contributed by atoms with E-state index in [4.69, 9.17) is 23.2 Å². The van der Waals surface area contributed by atoms with Crippen LogP contribution in [0.15, 0.2) is 58.5 Å². The average Bonchev–Trinajstić information content (AvgIpc) is 2.49. The standard InChI is InChI=1S/C15H12Cl2N2OS/c16-12-3-1-11(2-4-12)9-18-19-15(20)10-21-14-7-5-13(17)6-8-14/h1-9H,10H2,(H,19,20)/b18-9-. The summed E-state index contributed by atoms with van der Waals surface area (Å²) in [6.45, 7) is 0. The first-order valence-electron chi connectivity index (χ1n) is 6.09. The van der Waals surface area contributed by atoms with Crippen LogP contribution >= 0.6 is 35.0 Å². The molecule has 0 saturated heterocycles. The molecule has 2 rings (SSSR count). The molecule has 0 radical (unpaired) electrons. The van der Waals surface area contributed by atoms with Crippen molar-refractivity contribution in [1.29, 1.82) is 0 Å². The summed E-state index contributed by atoms with van der Waals surface area (Å²) in [5.74, 6) is 0.125. The molecule has 0 atom stereocenters. The monoisotopic (exact) mass is 338 g/mol. The molecule has 0 aliphatic heterocycles. The van der Waals surface area contributed by atoms with Crippen molar-refractivity contribution in [1.82, 2.24) is 5.43 Å². The molecule has 2 aromatic rings. The highest BCUT2D eigenvalue weighted by atomic mass is 35.5. The molecular weight excluding hydrogens is 327 g/mol. The lowest BCUT2D eigenvalue weighted by atomic mass is 10.2. The van der Waals surface area contributed by atoms with Crippen molar-refractivity contribution in [3.05, 3.63) is 64.1 Å². The fraction of sp³-hybridized carbons (Fsp3) is 0.0667. The van der Waals surface area contributed by atoms with Crippen LogP contribution in [0.4, 0.5) is 0 Å². The van der Waals surface area contributed by atoms with Crippen LogP contribution in [0, 0.1) is 0 Å². The molecule has 0 spiro atoms. The number of hydrazone groups is 1. The van der Waals surface area contributed by atoms with Crippen LogP contribution in [0.25, 0.3) is 0 Å². The lowest BCUT2D eigenvalue weighted by molar-refractivity contribution is -0.118. The molecule has 0 aromatic heterocycles. The van der Waals surface area contributed by atoms with E-state index >= 15 is 0 Å². The second kappa shape index (κ2) is 8.08. The maximum Gasteiger partial charge on any atom is 0.250 e. The summed E-state index contributed by atoms with van der Waals surface area (Å²) in [6.07, 6.45) is 1.57. The van der Waals surface area contributed by atoms with Gasteiger partial charge < -0.3 is 0 Å². The maximum absolute atomic E-state index is 11.6. The zero-order valence-electron chi connectivity index (χ0n) is 10.9. The van der Waals surface area contributed by atoms with Gasteiger partial charge in [-0.25, -0.2) is 5.43 Å². The zero-order chi connectivity index (χ0) is 15.1. The molecule has 0 aliphatic carbocycles. The van der Waals surface area contributed by atoms with Crippen LogP contribution < -0.4 is 5.43 Å². The molecule has 2 aromatic carbocycles. The molecule has 0 saturated carbocycles. The van der Waals surface area contributed by atoms with Gasteiger partial charge in [0.05, 0.1) is 12.0 Å². The van der Waals surface area contributed by atoms with E-state index in [2.05, 4.69) is 10.5 Å². The Morgan fingerprint density at radius 3 is 2.24 bits per heavy atom. The summed E-state index contributed by atoms with van der Waals surface area (Å²) in [5.41, 5.74) is 3.34. The van der Waals surface area contributed by atoms with Gasteiger partial charge in [0, 0.05) is 14.9 Å². The predicted octanol–water partition coefficient (Wildman–Crippen LogP) is 4.24. The summed E-state index contributed by atoms with van der Waals surface area (Å²) in [5, 5.41) is 5.24. The minimum atomic E-state index is -0.167. The number of benzene rings is 2. The molecule has 1 N–H and O–H groups in total. The number of nitrogens with one attached hydrogen (secondary N) is 1. The number of hydrogen-bond acceptors (Lipinski definition) is 3. The Labute approximate surface area is 137 Å². The second-order valence-corrected chi connectivity index (χ2v) is 6.01. The fourth-order valence-corrected chi connectivity index (χ4v) is 2.38. The molecule has 0 unspecified atom stereocenters. The number of rotatable bonds is 5. The molecule has 0 aliphatic rings. The van der Waals surface area contributed by atoms with Gasteiger partial charge >= 0.3 is 0 Å². The first-order valence-corrected chi connectivity index (χ1v) is 7.83. The summed E-state index contributed by atoms with van der Waals surface area (Å²) >= 11 is 13.0. The lowest BCUT2D eigenvalue weighted by Crippen LogP contribution is -2.19. The van der Waals surface area contributed by atoms with Gasteiger partial charge in [0.1, 0.15) is 0 Å². The van der Waals surface area contributed by atoms with Crippen molar-refractivity contribution in [3.63, 3.8) is 0 Å². The highest BCUT2D eigenvalue weighted by Crippen LogP contribution is 2.19. The third-order valence-electron chi connectivity index (χ3n) is 2.46. The minimum Gasteiger partial charge on any atom is -0.272 e. The van der Waals surface area contributed by atoms with E-state index in [1.807, 2.05) is 24.3 Å². The van der Waals surface area contributed by atoms with E-state index in [1.54, 1.807) is 30.5 Å². The van der Waals surface area contributed by atoms with Crippen LogP contribution in [0.1, 0.15) is 5.56 Å². The fourth-order valence-electron chi connectivity index (χ4n) is 1.44. The van der Waals surface area contributed by atoms with E-state index in [0.717, 1.165) is 10.5 Å². The molecule has 0 bridgehead atoms. The summed E-state index contributed by atoms with van der Waals surface area (Å²) < 4.78 is 0. The van der Waals surface area contributed by atoms with Gasteiger partial charge in [-0.15, -0.1) is 11.8 Å². The molecule has 6 heteroatoms. The van der Waals surface area contributed by atoms with Gasteiger partial charge in [-0.1, -0.05) is 35.3 Å². The summed E-state index contributed by atoms with van der Waals surface area (Å²) in [4.78, 5) is 12.6. The van der Waals surface area contributed by atoms with E-state index < -0.39 is 0 Å². The van der Waals surface area contributed by atoms with Gasteiger partial charge in [-0.2, -0.15) is 5.10 Å². The SMILES string of the molecule is O=C(CSc1ccc(Cl)cc1)N/N=C\c1ccc(Cl)cc1. The van der Waals surface area contributed by atoms with Crippen LogP contribution in [0.5, 0.6) is 0 Å². The third kappa shape index (κ3) is 5.79. The van der Waals surface area contributed by atoms with Crippen molar-refractivity contribution in [2.45, 2.75) is 4.90 Å².